The summed E-state index contributed by atoms with van der Waals surface area (Å²) in [6.07, 6.45) is 7.05. The standard InChI is InChI=1S/C20H24N6O/c1-25(2)10-11-26-15-17(14-23-26)24-20(27)18-7-3-4-8-19(18)22-13-16-6-5-9-21-12-16/h3-9,12,14-15,22H,10-11,13H2,1-2H3,(H,24,27). The van der Waals surface area contributed by atoms with Crippen LogP contribution >= 0.6 is 0 Å². The minimum absolute atomic E-state index is 0.170. The summed E-state index contributed by atoms with van der Waals surface area (Å²) >= 11 is 0. The highest BCUT2D eigenvalue weighted by atomic mass is 16.1. The van der Waals surface area contributed by atoms with Crippen LogP contribution in [0.3, 0.4) is 0 Å². The smallest absolute Gasteiger partial charge is 0.257 e. The van der Waals surface area contributed by atoms with Crippen LogP contribution in [0.1, 0.15) is 15.9 Å². The molecule has 7 nitrogen and oxygen atoms in total. The molecule has 3 rings (SSSR count). The van der Waals surface area contributed by atoms with Crippen molar-refractivity contribution in [3.63, 3.8) is 0 Å². The Hall–Kier alpha value is -3.19. The summed E-state index contributed by atoms with van der Waals surface area (Å²) in [5, 5.41) is 10.5. The van der Waals surface area contributed by atoms with E-state index in [4.69, 9.17) is 0 Å². The van der Waals surface area contributed by atoms with E-state index >= 15 is 0 Å². The highest BCUT2D eigenvalue weighted by Crippen LogP contribution is 2.18. The molecule has 27 heavy (non-hydrogen) atoms. The Balaban J connectivity index is 1.64. The molecule has 0 spiro atoms. The first-order chi connectivity index (χ1) is 13.1. The molecule has 1 aromatic carbocycles. The number of hydrogen-bond donors (Lipinski definition) is 2. The maximum atomic E-state index is 12.7. The van der Waals surface area contributed by atoms with Gasteiger partial charge in [-0.2, -0.15) is 5.10 Å². The van der Waals surface area contributed by atoms with Gasteiger partial charge in [0, 0.05) is 37.4 Å². The summed E-state index contributed by atoms with van der Waals surface area (Å²) in [5.74, 6) is -0.170. The number of likely N-dealkylation sites (N-methyl/N-ethyl adjacent to an activating group) is 1. The molecular formula is C20H24N6O. The third kappa shape index (κ3) is 5.39. The number of pyridine rings is 1. The van der Waals surface area contributed by atoms with Gasteiger partial charge in [-0.1, -0.05) is 18.2 Å². The number of nitrogens with one attached hydrogen (secondary N) is 2. The fraction of sp³-hybridized carbons (Fsp3) is 0.250. The fourth-order valence-corrected chi connectivity index (χ4v) is 2.59. The first kappa shape index (κ1) is 18.6. The summed E-state index contributed by atoms with van der Waals surface area (Å²) in [7, 11) is 4.03. The first-order valence-corrected chi connectivity index (χ1v) is 8.82. The number of carbonyl (C=O) groups excluding carboxylic acids is 1. The van der Waals surface area contributed by atoms with E-state index in [-0.39, 0.29) is 5.91 Å². The molecule has 0 aliphatic rings. The Morgan fingerprint density at radius 2 is 2.00 bits per heavy atom. The van der Waals surface area contributed by atoms with Gasteiger partial charge in [-0.25, -0.2) is 0 Å². The van der Waals surface area contributed by atoms with E-state index in [9.17, 15) is 4.79 Å². The minimum atomic E-state index is -0.170. The Bertz CT molecular complexity index is 875. The SMILES string of the molecule is CN(C)CCn1cc(NC(=O)c2ccccc2NCc2cccnc2)cn1. The predicted molar refractivity (Wildman–Crippen MR) is 107 cm³/mol. The zero-order valence-electron chi connectivity index (χ0n) is 15.6. The van der Waals surface area contributed by atoms with Crippen LogP contribution in [0.5, 0.6) is 0 Å². The van der Waals surface area contributed by atoms with Crippen molar-refractivity contribution in [1.82, 2.24) is 19.7 Å². The molecule has 2 heterocycles. The van der Waals surface area contributed by atoms with Crippen molar-refractivity contribution in [2.45, 2.75) is 13.1 Å². The summed E-state index contributed by atoms with van der Waals surface area (Å²) in [6.45, 7) is 2.25. The van der Waals surface area contributed by atoms with Gasteiger partial charge < -0.3 is 15.5 Å². The van der Waals surface area contributed by atoms with Crippen molar-refractivity contribution < 1.29 is 4.79 Å². The molecule has 0 aliphatic heterocycles. The molecule has 2 aromatic heterocycles. The van der Waals surface area contributed by atoms with Crippen LogP contribution in [-0.2, 0) is 13.1 Å². The molecule has 0 bridgehead atoms. The molecule has 0 aliphatic carbocycles. The molecule has 0 saturated carbocycles. The molecule has 0 unspecified atom stereocenters. The number of carbonyl (C=O) groups is 1. The molecule has 140 valence electrons. The average molecular weight is 364 g/mol. The Labute approximate surface area is 159 Å². The maximum absolute atomic E-state index is 12.7. The van der Waals surface area contributed by atoms with Gasteiger partial charge in [-0.3, -0.25) is 14.5 Å². The molecule has 1 amide bonds. The maximum Gasteiger partial charge on any atom is 0.257 e. The van der Waals surface area contributed by atoms with Crippen molar-refractivity contribution in [1.29, 1.82) is 0 Å². The summed E-state index contributed by atoms with van der Waals surface area (Å²) in [6, 6.07) is 11.3. The van der Waals surface area contributed by atoms with Gasteiger partial charge in [0.2, 0.25) is 0 Å². The van der Waals surface area contributed by atoms with Gasteiger partial charge in [0.15, 0.2) is 0 Å². The quantitative estimate of drug-likeness (QED) is 0.643. The van der Waals surface area contributed by atoms with Gasteiger partial charge in [0.1, 0.15) is 0 Å². The topological polar surface area (TPSA) is 75.1 Å². The monoisotopic (exact) mass is 364 g/mol. The number of para-hydroxylation sites is 1. The first-order valence-electron chi connectivity index (χ1n) is 8.82. The van der Waals surface area contributed by atoms with Crippen LogP contribution < -0.4 is 10.6 Å². The lowest BCUT2D eigenvalue weighted by atomic mass is 10.1. The second kappa shape index (κ2) is 8.95. The van der Waals surface area contributed by atoms with Crippen LogP contribution in [0.4, 0.5) is 11.4 Å². The van der Waals surface area contributed by atoms with Crippen molar-refractivity contribution in [3.05, 3.63) is 72.3 Å². The van der Waals surface area contributed by atoms with Gasteiger partial charge in [-0.05, 0) is 37.9 Å². The van der Waals surface area contributed by atoms with Crippen molar-refractivity contribution >= 4 is 17.3 Å². The molecule has 0 fully saturated rings. The van der Waals surface area contributed by atoms with Crippen LogP contribution in [-0.4, -0.2) is 46.2 Å². The van der Waals surface area contributed by atoms with Gasteiger partial charge in [0.25, 0.3) is 5.91 Å². The van der Waals surface area contributed by atoms with E-state index in [1.54, 1.807) is 24.7 Å². The fourth-order valence-electron chi connectivity index (χ4n) is 2.59. The number of rotatable bonds is 8. The number of benzene rings is 1. The lowest BCUT2D eigenvalue weighted by molar-refractivity contribution is 0.102. The third-order valence-electron chi connectivity index (χ3n) is 4.04. The van der Waals surface area contributed by atoms with E-state index in [0.717, 1.165) is 24.3 Å². The number of amides is 1. The second-order valence-electron chi connectivity index (χ2n) is 6.51. The predicted octanol–water partition coefficient (Wildman–Crippen LogP) is 2.70. The number of anilines is 2. The lowest BCUT2D eigenvalue weighted by Gasteiger charge is -2.11. The summed E-state index contributed by atoms with van der Waals surface area (Å²) in [4.78, 5) is 18.9. The van der Waals surface area contributed by atoms with Crippen LogP contribution in [0, 0.1) is 0 Å². The third-order valence-corrected chi connectivity index (χ3v) is 4.04. The zero-order valence-corrected chi connectivity index (χ0v) is 15.6. The number of aromatic nitrogens is 3. The van der Waals surface area contributed by atoms with E-state index in [2.05, 4.69) is 25.6 Å². The Morgan fingerprint density at radius 3 is 2.78 bits per heavy atom. The molecule has 3 aromatic rings. The Morgan fingerprint density at radius 1 is 1.15 bits per heavy atom. The minimum Gasteiger partial charge on any atom is -0.380 e. The number of hydrogen-bond acceptors (Lipinski definition) is 5. The molecule has 7 heteroatoms. The number of nitrogens with zero attached hydrogens (tertiary/aromatic N) is 4. The largest absolute Gasteiger partial charge is 0.380 e. The molecular weight excluding hydrogens is 340 g/mol. The van der Waals surface area contributed by atoms with Crippen LogP contribution in [0.2, 0.25) is 0 Å². The lowest BCUT2D eigenvalue weighted by Crippen LogP contribution is -2.18. The molecule has 2 N–H and O–H groups in total. The van der Waals surface area contributed by atoms with Gasteiger partial charge >= 0.3 is 0 Å². The van der Waals surface area contributed by atoms with Gasteiger partial charge in [0.05, 0.1) is 24.0 Å². The highest BCUT2D eigenvalue weighted by molar-refractivity contribution is 6.07. The van der Waals surface area contributed by atoms with E-state index in [1.807, 2.05) is 55.3 Å². The Kier molecular flexibility index (Phi) is 6.17. The summed E-state index contributed by atoms with van der Waals surface area (Å²) < 4.78 is 1.82. The van der Waals surface area contributed by atoms with E-state index in [1.165, 1.54) is 0 Å². The van der Waals surface area contributed by atoms with Gasteiger partial charge in [-0.15, -0.1) is 0 Å². The molecule has 0 saturated heterocycles. The van der Waals surface area contributed by atoms with Crippen molar-refractivity contribution in [2.75, 3.05) is 31.3 Å². The average Bonchev–Trinajstić information content (AvgIpc) is 3.13. The second-order valence-corrected chi connectivity index (χ2v) is 6.51. The molecule has 0 radical (unpaired) electrons. The van der Waals surface area contributed by atoms with E-state index in [0.29, 0.717) is 17.8 Å². The van der Waals surface area contributed by atoms with E-state index < -0.39 is 0 Å². The zero-order chi connectivity index (χ0) is 19.1. The van der Waals surface area contributed by atoms with Crippen molar-refractivity contribution in [3.8, 4) is 0 Å². The highest BCUT2D eigenvalue weighted by Gasteiger charge is 2.12. The van der Waals surface area contributed by atoms with Crippen molar-refractivity contribution in [2.24, 2.45) is 0 Å². The normalized spacial score (nSPS) is 10.8. The summed E-state index contributed by atoms with van der Waals surface area (Å²) in [5.41, 5.74) is 3.09. The molecule has 0 atom stereocenters. The van der Waals surface area contributed by atoms with Crippen LogP contribution in [0.15, 0.2) is 61.2 Å². The van der Waals surface area contributed by atoms with Crippen LogP contribution in [0.25, 0.3) is 0 Å².